The molecular weight excluding hydrogens is 107 g/mol. The molecule has 0 aromatic rings. The molecular formula is AlClOSi. The third kappa shape index (κ3) is 13.6. The van der Waals surface area contributed by atoms with Gasteiger partial charge in [0.25, 0.3) is 0 Å². The Bertz CT molecular complexity index is 15.5. The van der Waals surface area contributed by atoms with Crippen LogP contribution in [0, 0.1) is 0 Å². The predicted molar refractivity (Wildman–Crippen MR) is 18.0 cm³/mol. The largest absolute Gasteiger partial charge is 0.448 e. The third-order valence-corrected chi connectivity index (χ3v) is 0. The molecule has 20 valence electrons. The summed E-state index contributed by atoms with van der Waals surface area (Å²) in [6.45, 7) is 0. The van der Waals surface area contributed by atoms with E-state index in [4.69, 9.17) is 4.46 Å². The van der Waals surface area contributed by atoms with Crippen LogP contribution >= 0.6 is 11.1 Å². The smallest absolute Gasteiger partial charge is 0.363 e. The van der Waals surface area contributed by atoms with Gasteiger partial charge in [0.2, 0.25) is 0 Å². The number of hydrogen-bond donors (Lipinski definition) is 0. The van der Waals surface area contributed by atoms with Crippen molar-refractivity contribution >= 4 is 37.2 Å². The van der Waals surface area contributed by atoms with Gasteiger partial charge in [-0.25, -0.2) is 0 Å². The second-order valence-corrected chi connectivity index (χ2v) is 0.694. The summed E-state index contributed by atoms with van der Waals surface area (Å²) in [5.41, 5.74) is 0. The van der Waals surface area contributed by atoms with Gasteiger partial charge in [-0.15, -0.1) is 0 Å². The highest BCUT2D eigenvalue weighted by atomic mass is 35.6. The summed E-state index contributed by atoms with van der Waals surface area (Å²) < 4.78 is 8.72. The molecule has 0 aliphatic rings. The summed E-state index contributed by atoms with van der Waals surface area (Å²) >= 11 is 4.47. The van der Waals surface area contributed by atoms with E-state index in [2.05, 4.69) is 11.1 Å². The Balaban J connectivity index is 0. The first kappa shape index (κ1) is 8.85. The Labute approximate surface area is 42.1 Å². The van der Waals surface area contributed by atoms with Crippen LogP contribution < -0.4 is 0 Å². The van der Waals surface area contributed by atoms with Crippen LogP contribution in [0.5, 0.6) is 0 Å². The third-order valence-electron chi connectivity index (χ3n) is 0. The predicted octanol–water partition coefficient (Wildman–Crippen LogP) is -0.191. The minimum atomic E-state index is -0.694. The van der Waals surface area contributed by atoms with E-state index >= 15 is 0 Å². The maximum Gasteiger partial charge on any atom is 0.448 e. The molecule has 0 unspecified atom stereocenters. The van der Waals surface area contributed by atoms with Crippen molar-refractivity contribution in [2.75, 3.05) is 0 Å². The van der Waals surface area contributed by atoms with Gasteiger partial charge in [0.1, 0.15) is 0 Å². The molecule has 0 saturated heterocycles. The van der Waals surface area contributed by atoms with Crippen molar-refractivity contribution < 1.29 is 4.46 Å². The summed E-state index contributed by atoms with van der Waals surface area (Å²) in [6.07, 6.45) is 0. The van der Waals surface area contributed by atoms with E-state index < -0.39 is 8.72 Å². The second-order valence-electron chi connectivity index (χ2n) is 0.0772. The second kappa shape index (κ2) is 9.15. The topological polar surface area (TPSA) is 17.1 Å². The number of hydrogen-bond acceptors (Lipinski definition) is 1. The zero-order valence-corrected chi connectivity index (χ0v) is 4.77. The molecule has 0 aliphatic heterocycles. The SMILES string of the molecule is O=[Si]Cl.[Al]. The number of halogens is 1. The van der Waals surface area contributed by atoms with E-state index in [9.17, 15) is 0 Å². The van der Waals surface area contributed by atoms with E-state index in [1.165, 1.54) is 0 Å². The molecule has 0 fully saturated rings. The molecule has 0 rings (SSSR count). The zero-order valence-electron chi connectivity index (χ0n) is 1.86. The van der Waals surface area contributed by atoms with Crippen LogP contribution in [-0.2, 0) is 4.46 Å². The lowest BCUT2D eigenvalue weighted by Gasteiger charge is -1.14. The molecule has 0 bridgehead atoms. The van der Waals surface area contributed by atoms with Gasteiger partial charge in [0.15, 0.2) is 0 Å². The molecule has 0 aromatic carbocycles. The Morgan fingerprint density at radius 1 is 1.75 bits per heavy atom. The summed E-state index contributed by atoms with van der Waals surface area (Å²) in [5, 5.41) is 0. The first-order chi connectivity index (χ1) is 1.41. The van der Waals surface area contributed by atoms with E-state index in [1.807, 2.05) is 0 Å². The van der Waals surface area contributed by atoms with E-state index in [1.54, 1.807) is 0 Å². The molecule has 0 N–H and O–H groups in total. The van der Waals surface area contributed by atoms with Gasteiger partial charge < -0.3 is 4.46 Å². The van der Waals surface area contributed by atoms with E-state index in [0.717, 1.165) is 0 Å². The quantitative estimate of drug-likeness (QED) is 0.309. The van der Waals surface area contributed by atoms with Crippen molar-refractivity contribution in [2.24, 2.45) is 0 Å². The van der Waals surface area contributed by atoms with Crippen molar-refractivity contribution in [2.45, 2.75) is 0 Å². The first-order valence-electron chi connectivity index (χ1n) is 0.393. The summed E-state index contributed by atoms with van der Waals surface area (Å²) in [6, 6.07) is 0. The van der Waals surface area contributed by atoms with Crippen LogP contribution in [-0.4, -0.2) is 26.1 Å². The standard InChI is InChI=1S/Al.ClOSi/c;1-3-2. The molecule has 1 nitrogen and oxygen atoms in total. The van der Waals surface area contributed by atoms with Gasteiger partial charge in [0, 0.05) is 17.4 Å². The van der Waals surface area contributed by atoms with Gasteiger partial charge in [-0.1, -0.05) is 11.1 Å². The Morgan fingerprint density at radius 2 is 1.75 bits per heavy atom. The molecule has 0 atom stereocenters. The lowest BCUT2D eigenvalue weighted by molar-refractivity contribution is 0.586. The molecule has 0 aliphatic carbocycles. The highest BCUT2D eigenvalue weighted by molar-refractivity contribution is 6.84. The van der Waals surface area contributed by atoms with E-state index in [0.29, 0.717) is 0 Å². The van der Waals surface area contributed by atoms with Gasteiger partial charge >= 0.3 is 8.72 Å². The van der Waals surface area contributed by atoms with Crippen LogP contribution in [0.15, 0.2) is 0 Å². The average molecular weight is 107 g/mol. The zero-order chi connectivity index (χ0) is 2.71. The highest BCUT2D eigenvalue weighted by Crippen LogP contribution is 1.39. The lowest BCUT2D eigenvalue weighted by atomic mass is 16.0. The summed E-state index contributed by atoms with van der Waals surface area (Å²) in [5.74, 6) is 0. The van der Waals surface area contributed by atoms with Crippen molar-refractivity contribution in [1.82, 2.24) is 0 Å². The average Bonchev–Trinajstić information content (AvgIpc) is 0.918. The minimum absolute atomic E-state index is 0. The molecule has 0 heterocycles. The van der Waals surface area contributed by atoms with Crippen LogP contribution in [0.25, 0.3) is 0 Å². The highest BCUT2D eigenvalue weighted by Gasteiger charge is 1.40. The fraction of sp³-hybridized carbons (Fsp3) is 0. The van der Waals surface area contributed by atoms with Crippen LogP contribution in [0.3, 0.4) is 0 Å². The minimum Gasteiger partial charge on any atom is -0.363 e. The molecule has 0 saturated carbocycles. The maximum absolute atomic E-state index is 8.72. The van der Waals surface area contributed by atoms with Crippen molar-refractivity contribution in [3.63, 3.8) is 0 Å². The number of rotatable bonds is 0. The Morgan fingerprint density at radius 3 is 1.75 bits per heavy atom. The van der Waals surface area contributed by atoms with Crippen LogP contribution in [0.4, 0.5) is 0 Å². The monoisotopic (exact) mass is 106 g/mol. The molecule has 0 spiro atoms. The van der Waals surface area contributed by atoms with Crippen molar-refractivity contribution in [1.29, 1.82) is 0 Å². The van der Waals surface area contributed by atoms with E-state index in [-0.39, 0.29) is 17.4 Å². The summed E-state index contributed by atoms with van der Waals surface area (Å²) in [4.78, 5) is 0. The molecule has 0 aromatic heterocycles. The van der Waals surface area contributed by atoms with Crippen LogP contribution in [0.1, 0.15) is 0 Å². The normalized spacial score (nSPS) is 3.25. The van der Waals surface area contributed by atoms with Gasteiger partial charge in [0.05, 0.1) is 0 Å². The van der Waals surface area contributed by atoms with Crippen molar-refractivity contribution in [3.05, 3.63) is 0 Å². The van der Waals surface area contributed by atoms with Crippen LogP contribution in [0.2, 0.25) is 0 Å². The molecule has 4 heteroatoms. The molecule has 0 amide bonds. The maximum atomic E-state index is 8.72. The van der Waals surface area contributed by atoms with Crippen molar-refractivity contribution in [3.8, 4) is 0 Å². The fourth-order valence-electron chi connectivity index (χ4n) is 0. The van der Waals surface area contributed by atoms with Gasteiger partial charge in [-0.05, 0) is 0 Å². The molecule has 4 radical (unpaired) electrons. The first-order valence-corrected chi connectivity index (χ1v) is 2.31. The summed E-state index contributed by atoms with van der Waals surface area (Å²) in [7, 11) is -0.694. The van der Waals surface area contributed by atoms with Gasteiger partial charge in [-0.2, -0.15) is 0 Å². The Hall–Kier alpha value is 0.839. The Kier molecular flexibility index (Phi) is 20.2. The lowest BCUT2D eigenvalue weighted by Crippen LogP contribution is -1.30. The fourth-order valence-corrected chi connectivity index (χ4v) is 0. The molecule has 4 heavy (non-hydrogen) atoms. The van der Waals surface area contributed by atoms with Gasteiger partial charge in [-0.3, -0.25) is 0 Å².